The topological polar surface area (TPSA) is 35.8 Å². The molecule has 0 radical (unpaired) electrons. The molecule has 112 valence electrons. The predicted molar refractivity (Wildman–Crippen MR) is 96.2 cm³/mol. The largest absolute Gasteiger partial charge is 0.387 e. The molecule has 1 N–H and O–H groups in total. The Morgan fingerprint density at radius 1 is 1.41 bits per heavy atom. The third-order valence-corrected chi connectivity index (χ3v) is 6.12. The van der Waals surface area contributed by atoms with Crippen LogP contribution in [-0.2, 0) is 0 Å². The summed E-state index contributed by atoms with van der Waals surface area (Å²) in [5, 5.41) is 15.0. The van der Waals surface area contributed by atoms with Crippen molar-refractivity contribution in [2.24, 2.45) is 4.99 Å². The second-order valence-corrected chi connectivity index (χ2v) is 7.24. The number of thioether (sulfide) groups is 1. The van der Waals surface area contributed by atoms with Gasteiger partial charge in [0.2, 0.25) is 0 Å². The molecule has 0 saturated heterocycles. The Kier molecular flexibility index (Phi) is 3.56. The summed E-state index contributed by atoms with van der Waals surface area (Å²) in [6.45, 7) is 5.48. The maximum Gasteiger partial charge on any atom is 0.168 e. The summed E-state index contributed by atoms with van der Waals surface area (Å²) in [4.78, 5) is 7.81. The summed E-state index contributed by atoms with van der Waals surface area (Å²) in [5.41, 5.74) is 2.34. The average Bonchev–Trinajstić information content (AvgIpc) is 3.20. The van der Waals surface area contributed by atoms with Crippen LogP contribution >= 0.6 is 23.1 Å². The Hall–Kier alpha value is -1.56. The molecule has 1 unspecified atom stereocenters. The van der Waals surface area contributed by atoms with E-state index in [0.717, 1.165) is 28.9 Å². The number of aliphatic hydroxyl groups excluding tert-OH is 1. The van der Waals surface area contributed by atoms with E-state index in [1.54, 1.807) is 29.2 Å². The molecule has 4 rings (SSSR count). The quantitative estimate of drug-likeness (QED) is 0.864. The third-order valence-electron chi connectivity index (χ3n) is 3.93. The number of thiophene rings is 1. The second-order valence-electron chi connectivity index (χ2n) is 5.32. The Labute approximate surface area is 137 Å². The van der Waals surface area contributed by atoms with Crippen LogP contribution in [0.25, 0.3) is 15.8 Å². The fraction of sp³-hybridized carbons (Fsp3) is 0.235. The van der Waals surface area contributed by atoms with Gasteiger partial charge >= 0.3 is 0 Å². The zero-order valence-electron chi connectivity index (χ0n) is 12.0. The van der Waals surface area contributed by atoms with Gasteiger partial charge in [-0.25, -0.2) is 0 Å². The summed E-state index contributed by atoms with van der Waals surface area (Å²) in [6, 6.07) is 8.43. The summed E-state index contributed by atoms with van der Waals surface area (Å²) < 4.78 is 1.28. The van der Waals surface area contributed by atoms with E-state index in [9.17, 15) is 5.11 Å². The van der Waals surface area contributed by atoms with Gasteiger partial charge in [-0.1, -0.05) is 36.0 Å². The van der Waals surface area contributed by atoms with Crippen molar-refractivity contribution >= 4 is 44.0 Å². The Morgan fingerprint density at radius 2 is 2.27 bits per heavy atom. The monoisotopic (exact) mass is 328 g/mol. The lowest BCUT2D eigenvalue weighted by Gasteiger charge is -2.18. The minimum absolute atomic E-state index is 0.510. The molecule has 2 aliphatic heterocycles. The molecule has 2 aliphatic rings. The normalized spacial score (nSPS) is 18.8. The smallest absolute Gasteiger partial charge is 0.168 e. The van der Waals surface area contributed by atoms with Crippen molar-refractivity contribution < 1.29 is 5.11 Å². The molecule has 1 atom stereocenters. The van der Waals surface area contributed by atoms with Gasteiger partial charge in [0.1, 0.15) is 0 Å². The van der Waals surface area contributed by atoms with Gasteiger partial charge in [-0.05, 0) is 12.5 Å². The van der Waals surface area contributed by atoms with Crippen LogP contribution in [0.4, 0.5) is 0 Å². The van der Waals surface area contributed by atoms with E-state index < -0.39 is 6.10 Å². The first kappa shape index (κ1) is 14.1. The van der Waals surface area contributed by atoms with E-state index in [1.807, 2.05) is 0 Å². The van der Waals surface area contributed by atoms with Crippen LogP contribution < -0.4 is 0 Å². The first-order valence-electron chi connectivity index (χ1n) is 7.29. The molecule has 1 aromatic carbocycles. The van der Waals surface area contributed by atoms with E-state index in [2.05, 4.69) is 46.1 Å². The molecule has 0 fully saturated rings. The van der Waals surface area contributed by atoms with E-state index in [1.165, 1.54) is 15.6 Å². The van der Waals surface area contributed by atoms with E-state index in [0.29, 0.717) is 6.42 Å². The van der Waals surface area contributed by atoms with Crippen molar-refractivity contribution in [2.45, 2.75) is 12.5 Å². The maximum absolute atomic E-state index is 10.5. The number of hydrogen-bond donors (Lipinski definition) is 1. The van der Waals surface area contributed by atoms with Crippen molar-refractivity contribution in [3.63, 3.8) is 0 Å². The summed E-state index contributed by atoms with van der Waals surface area (Å²) in [6.07, 6.45) is 1.83. The Morgan fingerprint density at radius 3 is 3.14 bits per heavy atom. The molecular weight excluding hydrogens is 312 g/mol. The number of nitrogens with zero attached hydrogens (tertiary/aromatic N) is 2. The number of benzene rings is 1. The van der Waals surface area contributed by atoms with Crippen LogP contribution in [-0.4, -0.2) is 34.4 Å². The second kappa shape index (κ2) is 5.57. The molecule has 0 amide bonds. The third kappa shape index (κ3) is 2.12. The first-order valence-corrected chi connectivity index (χ1v) is 8.99. The van der Waals surface area contributed by atoms with Crippen LogP contribution in [0.3, 0.4) is 0 Å². The van der Waals surface area contributed by atoms with Gasteiger partial charge in [-0.3, -0.25) is 4.99 Å². The van der Waals surface area contributed by atoms with Crippen LogP contribution in [0.15, 0.2) is 52.2 Å². The van der Waals surface area contributed by atoms with Crippen molar-refractivity contribution in [1.82, 2.24) is 4.90 Å². The van der Waals surface area contributed by atoms with Crippen molar-refractivity contribution in [3.05, 3.63) is 52.8 Å². The molecule has 2 aromatic rings. The van der Waals surface area contributed by atoms with Gasteiger partial charge in [0, 0.05) is 32.5 Å². The van der Waals surface area contributed by atoms with Crippen LogP contribution in [0.5, 0.6) is 0 Å². The van der Waals surface area contributed by atoms with Crippen molar-refractivity contribution in [2.75, 3.05) is 13.1 Å². The summed E-state index contributed by atoms with van der Waals surface area (Å²) >= 11 is 3.36. The summed E-state index contributed by atoms with van der Waals surface area (Å²) in [7, 11) is 0. The molecule has 3 nitrogen and oxygen atoms in total. The van der Waals surface area contributed by atoms with E-state index in [4.69, 9.17) is 0 Å². The van der Waals surface area contributed by atoms with Gasteiger partial charge in [-0.2, -0.15) is 0 Å². The van der Waals surface area contributed by atoms with Crippen LogP contribution in [0.1, 0.15) is 12.0 Å². The molecule has 0 bridgehead atoms. The van der Waals surface area contributed by atoms with Crippen molar-refractivity contribution in [1.29, 1.82) is 0 Å². The average molecular weight is 328 g/mol. The lowest BCUT2D eigenvalue weighted by molar-refractivity contribution is 0.223. The van der Waals surface area contributed by atoms with Gasteiger partial charge in [0.05, 0.1) is 18.3 Å². The maximum atomic E-state index is 10.5. The predicted octanol–water partition coefficient (Wildman–Crippen LogP) is 3.93. The van der Waals surface area contributed by atoms with E-state index >= 15 is 0 Å². The number of hydrogen-bond acceptors (Lipinski definition) is 5. The number of rotatable bonds is 4. The fourth-order valence-corrected chi connectivity index (χ4v) is 5.07. The highest BCUT2D eigenvalue weighted by Gasteiger charge is 2.36. The Balaban J connectivity index is 1.89. The SMILES string of the molecule is C=CCC(O)C1=C(c2csc3ccccc23)N2CCN=C2S1. The fourth-order valence-electron chi connectivity index (χ4n) is 2.93. The molecule has 0 spiro atoms. The molecule has 0 aliphatic carbocycles. The lowest BCUT2D eigenvalue weighted by Crippen LogP contribution is -2.20. The molecule has 1 aromatic heterocycles. The van der Waals surface area contributed by atoms with Crippen molar-refractivity contribution in [3.8, 4) is 0 Å². The molecule has 3 heterocycles. The standard InChI is InChI=1S/C17H16N2OS2/c1-2-5-13(20)16-15(19-9-8-18-17(19)22-16)12-10-21-14-7-4-3-6-11(12)14/h2-4,6-7,10,13,20H,1,5,8-9H2. The van der Waals surface area contributed by atoms with Crippen LogP contribution in [0.2, 0.25) is 0 Å². The van der Waals surface area contributed by atoms with Gasteiger partial charge in [-0.15, -0.1) is 17.9 Å². The number of amidine groups is 1. The van der Waals surface area contributed by atoms with Gasteiger partial charge < -0.3 is 10.0 Å². The number of aliphatic imine (C=N–C) groups is 1. The molecular formula is C17H16N2OS2. The molecule has 5 heteroatoms. The van der Waals surface area contributed by atoms with Gasteiger partial charge in [0.25, 0.3) is 0 Å². The van der Waals surface area contributed by atoms with Crippen LogP contribution in [0, 0.1) is 0 Å². The minimum atomic E-state index is -0.510. The highest BCUT2D eigenvalue weighted by Crippen LogP contribution is 2.46. The molecule has 22 heavy (non-hydrogen) atoms. The highest BCUT2D eigenvalue weighted by molar-refractivity contribution is 8.17. The lowest BCUT2D eigenvalue weighted by atomic mass is 10.1. The zero-order valence-corrected chi connectivity index (χ0v) is 13.7. The van der Waals surface area contributed by atoms with E-state index in [-0.39, 0.29) is 0 Å². The molecule has 0 saturated carbocycles. The highest BCUT2D eigenvalue weighted by atomic mass is 32.2. The summed E-state index contributed by atoms with van der Waals surface area (Å²) in [5.74, 6) is 0. The van der Waals surface area contributed by atoms with Gasteiger partial charge in [0.15, 0.2) is 5.17 Å². The minimum Gasteiger partial charge on any atom is -0.387 e. The Bertz CT molecular complexity index is 806. The number of fused-ring (bicyclic) bond motifs is 2. The zero-order chi connectivity index (χ0) is 15.1. The first-order chi connectivity index (χ1) is 10.8. The number of aliphatic hydroxyl groups is 1.